The monoisotopic (exact) mass is 488 g/mol. The van der Waals surface area contributed by atoms with E-state index in [1.54, 1.807) is 41.3 Å². The van der Waals surface area contributed by atoms with Gasteiger partial charge in [-0.3, -0.25) is 4.57 Å². The molecule has 0 radical (unpaired) electrons. The number of rotatable bonds is 9. The zero-order chi connectivity index (χ0) is 21.6. The van der Waals surface area contributed by atoms with Crippen LogP contribution in [0.4, 0.5) is 0 Å². The van der Waals surface area contributed by atoms with Crippen LogP contribution in [0.1, 0.15) is 11.5 Å². The molecule has 0 amide bonds. The van der Waals surface area contributed by atoms with E-state index in [4.69, 9.17) is 32.9 Å². The van der Waals surface area contributed by atoms with Crippen LogP contribution in [0.5, 0.6) is 5.75 Å². The number of allylic oxidation sites excluding steroid dienone is 1. The highest BCUT2D eigenvalue weighted by atomic mass is 35.5. The Morgan fingerprint density at radius 3 is 2.74 bits per heavy atom. The van der Waals surface area contributed by atoms with E-state index in [-0.39, 0.29) is 6.61 Å². The lowest BCUT2D eigenvalue weighted by atomic mass is 10.2. The van der Waals surface area contributed by atoms with Gasteiger partial charge in [0.1, 0.15) is 17.4 Å². The van der Waals surface area contributed by atoms with Gasteiger partial charge in [-0.1, -0.05) is 71.4 Å². The highest BCUT2D eigenvalue weighted by Crippen LogP contribution is 2.30. The second-order valence-corrected chi connectivity index (χ2v) is 9.10. The first-order valence-electron chi connectivity index (χ1n) is 9.37. The molecule has 31 heavy (non-hydrogen) atoms. The second-order valence-electron chi connectivity index (χ2n) is 6.46. The predicted molar refractivity (Wildman–Crippen MR) is 128 cm³/mol. The molecule has 0 fully saturated rings. The SMILES string of the molecule is C=CCn1c(COc2ccc(Cl)cc2Cl)nnc1SCc1csc(-c2ccccc2)n1. The standard InChI is InChI=1S/C22H18Cl2N4OS2/c1-2-10-28-20(12-29-19-9-8-16(23)11-18(19)24)26-27-22(28)31-14-17-13-30-21(25-17)15-6-4-3-5-7-15/h2-9,11,13H,1,10,12,14H2. The van der Waals surface area contributed by atoms with E-state index in [1.807, 2.05) is 28.8 Å². The molecular formula is C22H18Cl2N4OS2. The van der Waals surface area contributed by atoms with Crippen molar-refractivity contribution >= 4 is 46.3 Å². The van der Waals surface area contributed by atoms with Crippen molar-refractivity contribution in [3.8, 4) is 16.3 Å². The topological polar surface area (TPSA) is 52.8 Å². The number of ether oxygens (including phenoxy) is 1. The van der Waals surface area contributed by atoms with Crippen LogP contribution >= 0.6 is 46.3 Å². The van der Waals surface area contributed by atoms with Crippen molar-refractivity contribution in [2.45, 2.75) is 24.1 Å². The molecule has 0 aliphatic rings. The van der Waals surface area contributed by atoms with E-state index in [0.717, 1.165) is 21.4 Å². The Morgan fingerprint density at radius 2 is 1.97 bits per heavy atom. The summed E-state index contributed by atoms with van der Waals surface area (Å²) in [5.41, 5.74) is 2.13. The Balaban J connectivity index is 1.43. The van der Waals surface area contributed by atoms with Gasteiger partial charge in [-0.15, -0.1) is 28.1 Å². The van der Waals surface area contributed by atoms with E-state index < -0.39 is 0 Å². The average molecular weight is 489 g/mol. The third-order valence-corrected chi connectivity index (χ3v) is 6.75. The molecular weight excluding hydrogens is 471 g/mol. The molecule has 2 aromatic heterocycles. The Bertz CT molecular complexity index is 1180. The van der Waals surface area contributed by atoms with Crippen LogP contribution in [0.2, 0.25) is 10.0 Å². The van der Waals surface area contributed by atoms with Gasteiger partial charge >= 0.3 is 0 Å². The number of halogens is 2. The van der Waals surface area contributed by atoms with Crippen molar-refractivity contribution in [3.63, 3.8) is 0 Å². The highest BCUT2D eigenvalue weighted by Gasteiger charge is 2.14. The Morgan fingerprint density at radius 1 is 1.13 bits per heavy atom. The maximum absolute atomic E-state index is 6.19. The van der Waals surface area contributed by atoms with Gasteiger partial charge in [0.05, 0.1) is 10.7 Å². The summed E-state index contributed by atoms with van der Waals surface area (Å²) in [6.07, 6.45) is 1.81. The Kier molecular flexibility index (Phi) is 7.29. The summed E-state index contributed by atoms with van der Waals surface area (Å²) in [6.45, 7) is 4.65. The number of benzene rings is 2. The zero-order valence-electron chi connectivity index (χ0n) is 16.4. The number of aromatic nitrogens is 4. The molecule has 0 saturated heterocycles. The summed E-state index contributed by atoms with van der Waals surface area (Å²) in [4.78, 5) is 4.74. The van der Waals surface area contributed by atoms with Gasteiger partial charge in [0.2, 0.25) is 0 Å². The maximum atomic E-state index is 6.19. The molecule has 158 valence electrons. The van der Waals surface area contributed by atoms with Gasteiger partial charge in [0, 0.05) is 28.3 Å². The molecule has 0 atom stereocenters. The van der Waals surface area contributed by atoms with E-state index >= 15 is 0 Å². The quantitative estimate of drug-likeness (QED) is 0.192. The molecule has 0 aliphatic carbocycles. The number of thiazole rings is 1. The molecule has 9 heteroatoms. The van der Waals surface area contributed by atoms with Gasteiger partial charge in [-0.2, -0.15) is 0 Å². The van der Waals surface area contributed by atoms with Crippen LogP contribution in [0.25, 0.3) is 10.6 Å². The van der Waals surface area contributed by atoms with E-state index in [1.165, 1.54) is 0 Å². The summed E-state index contributed by atoms with van der Waals surface area (Å²) < 4.78 is 7.80. The van der Waals surface area contributed by atoms with E-state index in [0.29, 0.717) is 33.9 Å². The van der Waals surface area contributed by atoms with Crippen molar-refractivity contribution in [2.75, 3.05) is 0 Å². The highest BCUT2D eigenvalue weighted by molar-refractivity contribution is 7.98. The lowest BCUT2D eigenvalue weighted by Gasteiger charge is -2.10. The largest absolute Gasteiger partial charge is 0.484 e. The van der Waals surface area contributed by atoms with E-state index in [2.05, 4.69) is 34.3 Å². The lowest BCUT2D eigenvalue weighted by molar-refractivity contribution is 0.289. The first kappa shape index (κ1) is 21.9. The maximum Gasteiger partial charge on any atom is 0.191 e. The third kappa shape index (κ3) is 5.49. The number of nitrogens with zero attached hydrogens (tertiary/aromatic N) is 4. The van der Waals surface area contributed by atoms with Crippen molar-refractivity contribution in [2.24, 2.45) is 0 Å². The smallest absolute Gasteiger partial charge is 0.191 e. The van der Waals surface area contributed by atoms with Gasteiger partial charge in [0.25, 0.3) is 0 Å². The molecule has 0 aliphatic heterocycles. The summed E-state index contributed by atoms with van der Waals surface area (Å²) in [7, 11) is 0. The van der Waals surface area contributed by atoms with Crippen LogP contribution < -0.4 is 4.74 Å². The van der Waals surface area contributed by atoms with Crippen molar-refractivity contribution < 1.29 is 4.74 Å². The minimum atomic E-state index is 0.234. The van der Waals surface area contributed by atoms with Crippen LogP contribution in [-0.2, 0) is 18.9 Å². The normalized spacial score (nSPS) is 10.9. The van der Waals surface area contributed by atoms with Crippen molar-refractivity contribution in [1.29, 1.82) is 0 Å². The van der Waals surface area contributed by atoms with Crippen LogP contribution in [0, 0.1) is 0 Å². The Labute approximate surface area is 198 Å². The second kappa shape index (κ2) is 10.3. The molecule has 2 heterocycles. The molecule has 4 rings (SSSR count). The molecule has 0 unspecified atom stereocenters. The number of hydrogen-bond acceptors (Lipinski definition) is 6. The van der Waals surface area contributed by atoms with Crippen LogP contribution in [0.15, 0.2) is 71.7 Å². The summed E-state index contributed by atoms with van der Waals surface area (Å²) in [5.74, 6) is 1.93. The molecule has 4 aromatic rings. The molecule has 2 aromatic carbocycles. The van der Waals surface area contributed by atoms with E-state index in [9.17, 15) is 0 Å². The first-order chi connectivity index (χ1) is 15.1. The summed E-state index contributed by atoms with van der Waals surface area (Å²) in [5, 5.41) is 13.5. The summed E-state index contributed by atoms with van der Waals surface area (Å²) in [6, 6.07) is 15.3. The predicted octanol–water partition coefficient (Wildman–Crippen LogP) is 6.77. The van der Waals surface area contributed by atoms with Gasteiger partial charge in [0.15, 0.2) is 11.0 Å². The fraction of sp³-hybridized carbons (Fsp3) is 0.136. The zero-order valence-corrected chi connectivity index (χ0v) is 19.5. The summed E-state index contributed by atoms with van der Waals surface area (Å²) >= 11 is 15.4. The molecule has 0 spiro atoms. The molecule has 0 bridgehead atoms. The molecule has 5 nitrogen and oxygen atoms in total. The fourth-order valence-corrected chi connectivity index (χ4v) is 5.06. The third-order valence-electron chi connectivity index (χ3n) is 4.28. The average Bonchev–Trinajstić information content (AvgIpc) is 3.40. The lowest BCUT2D eigenvalue weighted by Crippen LogP contribution is -2.07. The fourth-order valence-electron chi connectivity index (χ4n) is 2.80. The number of thioether (sulfide) groups is 1. The molecule has 0 saturated carbocycles. The molecule has 0 N–H and O–H groups in total. The van der Waals surface area contributed by atoms with Crippen LogP contribution in [-0.4, -0.2) is 19.7 Å². The minimum absolute atomic E-state index is 0.234. The number of hydrogen-bond donors (Lipinski definition) is 0. The van der Waals surface area contributed by atoms with Crippen molar-refractivity contribution in [1.82, 2.24) is 19.7 Å². The van der Waals surface area contributed by atoms with Crippen molar-refractivity contribution in [3.05, 3.63) is 88.1 Å². The Hall–Kier alpha value is -2.32. The van der Waals surface area contributed by atoms with Gasteiger partial charge < -0.3 is 4.74 Å². The minimum Gasteiger partial charge on any atom is -0.484 e. The van der Waals surface area contributed by atoms with Crippen LogP contribution in [0.3, 0.4) is 0 Å². The van der Waals surface area contributed by atoms with Gasteiger partial charge in [-0.05, 0) is 18.2 Å². The first-order valence-corrected chi connectivity index (χ1v) is 12.0. The van der Waals surface area contributed by atoms with Gasteiger partial charge in [-0.25, -0.2) is 4.98 Å².